The van der Waals surface area contributed by atoms with Crippen LogP contribution in [0.3, 0.4) is 0 Å². The molecule has 0 fully saturated rings. The van der Waals surface area contributed by atoms with Gasteiger partial charge in [0.1, 0.15) is 0 Å². The molecule has 0 saturated heterocycles. The first-order valence-electron chi connectivity index (χ1n) is 6.53. The van der Waals surface area contributed by atoms with Crippen LogP contribution in [0.5, 0.6) is 0 Å². The zero-order valence-electron chi connectivity index (χ0n) is 11.9. The minimum atomic E-state index is -0.387. The molecule has 1 aromatic carbocycles. The maximum atomic E-state index is 11.8. The van der Waals surface area contributed by atoms with Crippen molar-refractivity contribution in [3.05, 3.63) is 28.8 Å². The molecule has 1 aromatic rings. The Labute approximate surface area is 114 Å². The van der Waals surface area contributed by atoms with Gasteiger partial charge in [0.05, 0.1) is 12.3 Å². The van der Waals surface area contributed by atoms with Crippen molar-refractivity contribution in [3.63, 3.8) is 0 Å². The molecule has 0 aliphatic rings. The number of carbonyl (C=O) groups is 1. The molecule has 1 amide bonds. The molecule has 0 aromatic heterocycles. The molecule has 0 unspecified atom stereocenters. The average molecular weight is 262 g/mol. The van der Waals surface area contributed by atoms with E-state index >= 15 is 0 Å². The third-order valence-electron chi connectivity index (χ3n) is 3.13. The summed E-state index contributed by atoms with van der Waals surface area (Å²) >= 11 is 0. The summed E-state index contributed by atoms with van der Waals surface area (Å²) in [6.07, 6.45) is 3.05. The van der Waals surface area contributed by atoms with Crippen LogP contribution >= 0.6 is 0 Å². The van der Waals surface area contributed by atoms with Gasteiger partial charge in [-0.3, -0.25) is 9.69 Å². The van der Waals surface area contributed by atoms with Crippen LogP contribution in [0.2, 0.25) is 0 Å². The fraction of sp³-hybridized carbons (Fsp3) is 0.467. The minimum absolute atomic E-state index is 0.339. The molecule has 4 nitrogen and oxygen atoms in total. The first-order chi connectivity index (χ1) is 9.10. The molecule has 0 aliphatic heterocycles. The molecule has 0 atom stereocenters. The monoisotopic (exact) mass is 262 g/mol. The summed E-state index contributed by atoms with van der Waals surface area (Å²) in [5.74, 6) is 0. The van der Waals surface area contributed by atoms with Crippen LogP contribution in [0.4, 0.5) is 10.5 Å². The summed E-state index contributed by atoms with van der Waals surface area (Å²) in [5, 5.41) is 0. The first-order valence-corrected chi connectivity index (χ1v) is 6.53. The molecular weight excluding hydrogens is 242 g/mol. The molecule has 19 heavy (non-hydrogen) atoms. The van der Waals surface area contributed by atoms with Crippen molar-refractivity contribution >= 4 is 18.1 Å². The van der Waals surface area contributed by atoms with Crippen molar-refractivity contribution in [1.29, 1.82) is 0 Å². The fourth-order valence-corrected chi connectivity index (χ4v) is 2.21. The molecule has 1 rings (SSSR count). The maximum absolute atomic E-state index is 11.8. The van der Waals surface area contributed by atoms with E-state index in [1.807, 2.05) is 20.1 Å². The topological polar surface area (TPSA) is 46.6 Å². The number of amides is 1. The van der Waals surface area contributed by atoms with Gasteiger partial charge in [-0.05, 0) is 43.0 Å². The van der Waals surface area contributed by atoms with E-state index in [2.05, 4.69) is 0 Å². The summed E-state index contributed by atoms with van der Waals surface area (Å²) in [4.78, 5) is 24.2. The second-order valence-corrected chi connectivity index (χ2v) is 4.16. The molecule has 0 bridgehead atoms. The van der Waals surface area contributed by atoms with Crippen LogP contribution in [0.15, 0.2) is 12.1 Å². The summed E-state index contributed by atoms with van der Waals surface area (Å²) in [5.41, 5.74) is 3.31. The Morgan fingerprint density at radius 1 is 1.21 bits per heavy atom. The molecule has 0 saturated carbocycles. The molecule has 0 N–H and O–H groups in total. The highest BCUT2D eigenvalue weighted by Gasteiger charge is 2.18. The van der Waals surface area contributed by atoms with Crippen LogP contribution < -0.4 is 4.90 Å². The summed E-state index contributed by atoms with van der Waals surface area (Å²) < 4.78 is 5.00. The Bertz CT molecular complexity index is 469. The lowest BCUT2D eigenvalue weighted by Gasteiger charge is -2.22. The van der Waals surface area contributed by atoms with Gasteiger partial charge in [-0.2, -0.15) is 0 Å². The van der Waals surface area contributed by atoms with E-state index in [0.29, 0.717) is 12.2 Å². The van der Waals surface area contributed by atoms with Gasteiger partial charge in [0.25, 0.3) is 0 Å². The highest BCUT2D eigenvalue weighted by atomic mass is 16.6. The number of hydrogen-bond acceptors (Lipinski definition) is 3. The van der Waals surface area contributed by atoms with Gasteiger partial charge in [-0.25, -0.2) is 4.79 Å². The van der Waals surface area contributed by atoms with Gasteiger partial charge < -0.3 is 4.74 Å². The number of carbonyl (C=O) groups excluding carboxylic acids is 2. The largest absolute Gasteiger partial charge is 0.449 e. The zero-order chi connectivity index (χ0) is 14.4. The third kappa shape index (κ3) is 3.13. The van der Waals surface area contributed by atoms with Gasteiger partial charge >= 0.3 is 6.09 Å². The maximum Gasteiger partial charge on any atom is 0.414 e. The lowest BCUT2D eigenvalue weighted by molar-refractivity contribution is 0.161. The van der Waals surface area contributed by atoms with E-state index in [4.69, 9.17) is 4.74 Å². The first kappa shape index (κ1) is 15.2. The number of anilines is 1. The molecule has 0 heterocycles. The van der Waals surface area contributed by atoms with Crippen molar-refractivity contribution in [2.24, 2.45) is 0 Å². The number of hydrogen-bond donors (Lipinski definition) is 0. The smallest absolute Gasteiger partial charge is 0.414 e. The second-order valence-electron chi connectivity index (χ2n) is 4.16. The predicted molar refractivity (Wildman–Crippen MR) is 75.4 cm³/mol. The summed E-state index contributed by atoms with van der Waals surface area (Å²) in [7, 11) is 1.68. The lowest BCUT2D eigenvalue weighted by atomic mass is 9.95. The molecule has 0 aliphatic carbocycles. The Hall–Kier alpha value is -1.84. The summed E-state index contributed by atoms with van der Waals surface area (Å²) in [6, 6.07) is 3.48. The van der Waals surface area contributed by atoms with Crippen molar-refractivity contribution in [1.82, 2.24) is 0 Å². The standard InChI is InChI=1S/C15H20NO3/c1-5-12-11(10-17)8-9-14(13(12)6-2)16(4)15(18)19-7-3/h8-9H,5-7H2,1-4H3. The third-order valence-corrected chi connectivity index (χ3v) is 3.13. The SMILES string of the molecule is CCOC(=O)N(C)c1ccc([C]=O)c(CC)c1CC. The highest BCUT2D eigenvalue weighted by molar-refractivity contribution is 5.90. The molecule has 0 spiro atoms. The average Bonchev–Trinajstić information content (AvgIpc) is 2.44. The van der Waals surface area contributed by atoms with Gasteiger partial charge in [-0.1, -0.05) is 13.8 Å². The van der Waals surface area contributed by atoms with E-state index in [1.54, 1.807) is 26.1 Å². The van der Waals surface area contributed by atoms with Crippen LogP contribution in [0.1, 0.15) is 37.5 Å². The normalized spacial score (nSPS) is 10.1. The van der Waals surface area contributed by atoms with Crippen LogP contribution in [-0.2, 0) is 22.4 Å². The lowest BCUT2D eigenvalue weighted by Crippen LogP contribution is -2.28. The van der Waals surface area contributed by atoms with E-state index < -0.39 is 0 Å². The zero-order valence-corrected chi connectivity index (χ0v) is 11.9. The quantitative estimate of drug-likeness (QED) is 0.819. The van der Waals surface area contributed by atoms with Gasteiger partial charge in [0.15, 0.2) is 0 Å². The fourth-order valence-electron chi connectivity index (χ4n) is 2.21. The van der Waals surface area contributed by atoms with Crippen molar-refractivity contribution in [2.75, 3.05) is 18.6 Å². The second kappa shape index (κ2) is 6.92. The number of rotatable bonds is 5. The van der Waals surface area contributed by atoms with E-state index in [0.717, 1.165) is 29.7 Å². The molecule has 1 radical (unpaired) electrons. The number of ether oxygens (including phenoxy) is 1. The summed E-state index contributed by atoms with van der Waals surface area (Å²) in [6.45, 7) is 6.11. The van der Waals surface area contributed by atoms with Gasteiger partial charge in [0, 0.05) is 12.6 Å². The highest BCUT2D eigenvalue weighted by Crippen LogP contribution is 2.27. The molecular formula is C15H20NO3. The van der Waals surface area contributed by atoms with Crippen molar-refractivity contribution in [2.45, 2.75) is 33.6 Å². The number of nitrogens with zero attached hydrogens (tertiary/aromatic N) is 1. The molecule has 4 heteroatoms. The number of benzene rings is 1. The minimum Gasteiger partial charge on any atom is -0.449 e. The Morgan fingerprint density at radius 3 is 2.32 bits per heavy atom. The van der Waals surface area contributed by atoms with Crippen molar-refractivity contribution in [3.8, 4) is 0 Å². The van der Waals surface area contributed by atoms with Gasteiger partial charge in [0.2, 0.25) is 6.29 Å². The Kier molecular flexibility index (Phi) is 5.55. The van der Waals surface area contributed by atoms with E-state index in [9.17, 15) is 9.59 Å². The Balaban J connectivity index is 3.28. The van der Waals surface area contributed by atoms with Crippen LogP contribution in [0.25, 0.3) is 0 Å². The van der Waals surface area contributed by atoms with Crippen LogP contribution in [0, 0.1) is 0 Å². The van der Waals surface area contributed by atoms with Crippen LogP contribution in [-0.4, -0.2) is 26.0 Å². The van der Waals surface area contributed by atoms with E-state index in [-0.39, 0.29) is 6.09 Å². The van der Waals surface area contributed by atoms with E-state index in [1.165, 1.54) is 4.90 Å². The van der Waals surface area contributed by atoms with Crippen molar-refractivity contribution < 1.29 is 14.3 Å². The Morgan fingerprint density at radius 2 is 1.84 bits per heavy atom. The molecule has 103 valence electrons. The predicted octanol–water partition coefficient (Wildman–Crippen LogP) is 2.86. The van der Waals surface area contributed by atoms with Gasteiger partial charge in [-0.15, -0.1) is 0 Å².